The molecule has 3 heteroatoms. The highest BCUT2D eigenvalue weighted by Gasteiger charge is 2.41. The van der Waals surface area contributed by atoms with E-state index < -0.39 is 5.54 Å². The standard InChI is InChI=1S/C14H26N2O/c1-2-12-8-4-3-7-11-16(12)13(17)14(15)9-5-6-10-14/h12H,2-11,15H2,1H3. The molecule has 2 rings (SSSR count). The number of rotatable bonds is 2. The van der Waals surface area contributed by atoms with Crippen molar-refractivity contribution in [1.82, 2.24) is 4.90 Å². The first-order valence-corrected chi connectivity index (χ1v) is 7.27. The van der Waals surface area contributed by atoms with Crippen molar-refractivity contribution < 1.29 is 4.79 Å². The first-order chi connectivity index (χ1) is 8.17. The molecule has 3 nitrogen and oxygen atoms in total. The minimum Gasteiger partial charge on any atom is -0.338 e. The number of nitrogens with two attached hydrogens (primary N) is 1. The van der Waals surface area contributed by atoms with E-state index >= 15 is 0 Å². The molecule has 1 amide bonds. The van der Waals surface area contributed by atoms with Gasteiger partial charge in [-0.3, -0.25) is 4.79 Å². The molecule has 0 aromatic carbocycles. The maximum Gasteiger partial charge on any atom is 0.242 e. The number of carbonyl (C=O) groups excluding carboxylic acids is 1. The smallest absolute Gasteiger partial charge is 0.242 e. The van der Waals surface area contributed by atoms with Gasteiger partial charge in [0.2, 0.25) is 5.91 Å². The number of nitrogens with zero attached hydrogens (tertiary/aromatic N) is 1. The Hall–Kier alpha value is -0.570. The van der Waals surface area contributed by atoms with Crippen LogP contribution in [0.3, 0.4) is 0 Å². The Morgan fingerprint density at radius 2 is 1.94 bits per heavy atom. The van der Waals surface area contributed by atoms with Crippen LogP contribution in [-0.4, -0.2) is 28.9 Å². The van der Waals surface area contributed by atoms with Gasteiger partial charge >= 0.3 is 0 Å². The highest BCUT2D eigenvalue weighted by molar-refractivity contribution is 5.86. The van der Waals surface area contributed by atoms with Gasteiger partial charge in [0.15, 0.2) is 0 Å². The van der Waals surface area contributed by atoms with Crippen molar-refractivity contribution in [2.75, 3.05) is 6.54 Å². The summed E-state index contributed by atoms with van der Waals surface area (Å²) < 4.78 is 0. The van der Waals surface area contributed by atoms with Crippen LogP contribution in [0.4, 0.5) is 0 Å². The molecule has 2 fully saturated rings. The van der Waals surface area contributed by atoms with Crippen LogP contribution in [0.25, 0.3) is 0 Å². The van der Waals surface area contributed by atoms with E-state index in [0.717, 1.165) is 45.1 Å². The molecule has 0 aromatic heterocycles. The van der Waals surface area contributed by atoms with Crippen LogP contribution in [0.5, 0.6) is 0 Å². The molecule has 1 atom stereocenters. The predicted molar refractivity (Wildman–Crippen MR) is 69.6 cm³/mol. The zero-order chi connectivity index (χ0) is 12.3. The summed E-state index contributed by atoms with van der Waals surface area (Å²) in [6.45, 7) is 3.12. The zero-order valence-corrected chi connectivity index (χ0v) is 11.1. The van der Waals surface area contributed by atoms with Crippen LogP contribution >= 0.6 is 0 Å². The van der Waals surface area contributed by atoms with E-state index in [-0.39, 0.29) is 5.91 Å². The fourth-order valence-electron chi connectivity index (χ4n) is 3.37. The fraction of sp³-hybridized carbons (Fsp3) is 0.929. The summed E-state index contributed by atoms with van der Waals surface area (Å²) in [7, 11) is 0. The van der Waals surface area contributed by atoms with E-state index in [0.29, 0.717) is 6.04 Å². The SMILES string of the molecule is CCC1CCCCCN1C(=O)C1(N)CCCC1. The van der Waals surface area contributed by atoms with Gasteiger partial charge in [-0.25, -0.2) is 0 Å². The van der Waals surface area contributed by atoms with E-state index in [1.54, 1.807) is 0 Å². The molecule has 2 N–H and O–H groups in total. The fourth-order valence-corrected chi connectivity index (χ4v) is 3.37. The molecule has 1 aliphatic carbocycles. The van der Waals surface area contributed by atoms with Gasteiger partial charge in [0.05, 0.1) is 5.54 Å². The maximum atomic E-state index is 12.6. The lowest BCUT2D eigenvalue weighted by molar-refractivity contribution is -0.139. The Balaban J connectivity index is 2.09. The lowest BCUT2D eigenvalue weighted by Crippen LogP contribution is -2.56. The van der Waals surface area contributed by atoms with E-state index in [9.17, 15) is 4.79 Å². The summed E-state index contributed by atoms with van der Waals surface area (Å²) >= 11 is 0. The van der Waals surface area contributed by atoms with E-state index in [1.165, 1.54) is 19.3 Å². The van der Waals surface area contributed by atoms with Crippen molar-refractivity contribution >= 4 is 5.91 Å². The van der Waals surface area contributed by atoms with Crippen LogP contribution in [0.1, 0.15) is 64.7 Å². The molecule has 1 unspecified atom stereocenters. The Kier molecular flexibility index (Phi) is 4.08. The summed E-state index contributed by atoms with van der Waals surface area (Å²) in [4.78, 5) is 14.8. The molecule has 1 heterocycles. The zero-order valence-electron chi connectivity index (χ0n) is 11.1. The lowest BCUT2D eigenvalue weighted by atomic mass is 9.95. The van der Waals surface area contributed by atoms with E-state index in [4.69, 9.17) is 5.73 Å². The monoisotopic (exact) mass is 238 g/mol. The van der Waals surface area contributed by atoms with Gasteiger partial charge in [-0.15, -0.1) is 0 Å². The van der Waals surface area contributed by atoms with E-state index in [1.807, 2.05) is 0 Å². The van der Waals surface area contributed by atoms with Crippen molar-refractivity contribution in [2.24, 2.45) is 5.73 Å². The van der Waals surface area contributed by atoms with Crippen molar-refractivity contribution in [3.8, 4) is 0 Å². The van der Waals surface area contributed by atoms with Crippen molar-refractivity contribution in [2.45, 2.75) is 76.3 Å². The summed E-state index contributed by atoms with van der Waals surface area (Å²) in [5.74, 6) is 0.240. The summed E-state index contributed by atoms with van der Waals surface area (Å²) in [5.41, 5.74) is 5.78. The average molecular weight is 238 g/mol. The van der Waals surface area contributed by atoms with Crippen LogP contribution in [-0.2, 0) is 4.79 Å². The molecule has 98 valence electrons. The number of hydrogen-bond donors (Lipinski definition) is 1. The Morgan fingerprint density at radius 1 is 1.24 bits per heavy atom. The number of carbonyl (C=O) groups is 1. The Morgan fingerprint density at radius 3 is 2.59 bits per heavy atom. The van der Waals surface area contributed by atoms with Crippen LogP contribution < -0.4 is 5.73 Å². The maximum absolute atomic E-state index is 12.6. The van der Waals surface area contributed by atoms with Crippen LogP contribution in [0.15, 0.2) is 0 Å². The lowest BCUT2D eigenvalue weighted by Gasteiger charge is -2.36. The first-order valence-electron chi connectivity index (χ1n) is 7.27. The van der Waals surface area contributed by atoms with Crippen LogP contribution in [0, 0.1) is 0 Å². The van der Waals surface area contributed by atoms with Crippen molar-refractivity contribution in [3.05, 3.63) is 0 Å². The van der Waals surface area contributed by atoms with E-state index in [2.05, 4.69) is 11.8 Å². The second-order valence-corrected chi connectivity index (χ2v) is 5.77. The average Bonchev–Trinajstić information content (AvgIpc) is 2.65. The second-order valence-electron chi connectivity index (χ2n) is 5.77. The second kappa shape index (κ2) is 5.38. The van der Waals surface area contributed by atoms with Gasteiger partial charge in [0.1, 0.15) is 0 Å². The molecular weight excluding hydrogens is 212 g/mol. The highest BCUT2D eigenvalue weighted by atomic mass is 16.2. The summed E-state index contributed by atoms with van der Waals surface area (Å²) in [6, 6.07) is 0.436. The molecule has 1 saturated carbocycles. The van der Waals surface area contributed by atoms with Gasteiger partial charge in [-0.1, -0.05) is 32.6 Å². The van der Waals surface area contributed by atoms with Gasteiger partial charge in [-0.2, -0.15) is 0 Å². The third kappa shape index (κ3) is 2.65. The minimum atomic E-state index is -0.530. The Labute approximate surface area is 105 Å². The number of likely N-dealkylation sites (tertiary alicyclic amines) is 1. The molecule has 1 saturated heterocycles. The topological polar surface area (TPSA) is 46.3 Å². The third-order valence-corrected chi connectivity index (χ3v) is 4.53. The molecule has 2 aliphatic rings. The number of hydrogen-bond acceptors (Lipinski definition) is 2. The quantitative estimate of drug-likeness (QED) is 0.803. The van der Waals surface area contributed by atoms with Gasteiger partial charge in [0.25, 0.3) is 0 Å². The largest absolute Gasteiger partial charge is 0.338 e. The Bertz CT molecular complexity index is 271. The summed E-state index contributed by atoms with van der Waals surface area (Å²) in [5, 5.41) is 0. The van der Waals surface area contributed by atoms with Crippen molar-refractivity contribution in [3.63, 3.8) is 0 Å². The minimum absolute atomic E-state index is 0.240. The molecule has 0 radical (unpaired) electrons. The molecule has 17 heavy (non-hydrogen) atoms. The molecule has 0 aromatic rings. The van der Waals surface area contributed by atoms with Gasteiger partial charge in [-0.05, 0) is 32.1 Å². The van der Waals surface area contributed by atoms with Gasteiger partial charge < -0.3 is 10.6 Å². The first kappa shape index (κ1) is 12.9. The molecule has 1 aliphatic heterocycles. The molecule has 0 bridgehead atoms. The van der Waals surface area contributed by atoms with Gasteiger partial charge in [0, 0.05) is 12.6 Å². The normalized spacial score (nSPS) is 29.1. The van der Waals surface area contributed by atoms with Crippen LogP contribution in [0.2, 0.25) is 0 Å². The summed E-state index contributed by atoms with van der Waals surface area (Å²) in [6.07, 6.45) is 9.92. The predicted octanol–water partition coefficient (Wildman–Crippen LogP) is 2.44. The number of amides is 1. The molecular formula is C14H26N2O. The third-order valence-electron chi connectivity index (χ3n) is 4.53. The highest BCUT2D eigenvalue weighted by Crippen LogP contribution is 2.31. The molecule has 0 spiro atoms. The van der Waals surface area contributed by atoms with Crippen molar-refractivity contribution in [1.29, 1.82) is 0 Å².